The molecule has 1 N–H and O–H groups in total. The van der Waals surface area contributed by atoms with Gasteiger partial charge >= 0.3 is 11.9 Å². The minimum atomic E-state index is -1.27. The number of benzene rings is 2. The number of esters is 1. The van der Waals surface area contributed by atoms with Crippen LogP contribution in [-0.2, 0) is 14.3 Å². The SMILES string of the molecule is COC(=O)C(=C/c1cc(OC)c(OC)c(OC)c1)/C(=C/c1ccccc1)C(=O)O. The van der Waals surface area contributed by atoms with Gasteiger partial charge in [0.05, 0.1) is 39.6 Å². The molecule has 0 bridgehead atoms. The Balaban J connectivity index is 2.68. The van der Waals surface area contributed by atoms with Gasteiger partial charge in [0.25, 0.3) is 0 Å². The second-order valence-electron chi connectivity index (χ2n) is 5.78. The van der Waals surface area contributed by atoms with Gasteiger partial charge in [-0.3, -0.25) is 0 Å². The highest BCUT2D eigenvalue weighted by atomic mass is 16.5. The minimum Gasteiger partial charge on any atom is -0.493 e. The van der Waals surface area contributed by atoms with Crippen molar-refractivity contribution in [1.82, 2.24) is 0 Å². The van der Waals surface area contributed by atoms with E-state index in [1.54, 1.807) is 36.4 Å². The van der Waals surface area contributed by atoms with Crippen LogP contribution < -0.4 is 14.2 Å². The van der Waals surface area contributed by atoms with Gasteiger partial charge in [0.1, 0.15) is 0 Å². The van der Waals surface area contributed by atoms with Crippen LogP contribution in [0.4, 0.5) is 0 Å². The average Bonchev–Trinajstić information content (AvgIpc) is 2.75. The predicted molar refractivity (Wildman–Crippen MR) is 108 cm³/mol. The Morgan fingerprint density at radius 1 is 0.793 bits per heavy atom. The first-order valence-electron chi connectivity index (χ1n) is 8.55. The van der Waals surface area contributed by atoms with Crippen molar-refractivity contribution in [2.75, 3.05) is 28.4 Å². The molecule has 0 amide bonds. The molecule has 0 radical (unpaired) electrons. The number of carboxylic acids is 1. The van der Waals surface area contributed by atoms with Crippen LogP contribution in [0.1, 0.15) is 11.1 Å². The van der Waals surface area contributed by atoms with E-state index in [-0.39, 0.29) is 11.1 Å². The molecule has 0 spiro atoms. The maximum absolute atomic E-state index is 12.4. The van der Waals surface area contributed by atoms with E-state index in [1.165, 1.54) is 40.6 Å². The summed E-state index contributed by atoms with van der Waals surface area (Å²) in [6.07, 6.45) is 2.81. The molecule has 0 unspecified atom stereocenters. The Morgan fingerprint density at radius 3 is 1.79 bits per heavy atom. The molecule has 0 aromatic heterocycles. The molecule has 2 rings (SSSR count). The van der Waals surface area contributed by atoms with Gasteiger partial charge in [0.15, 0.2) is 11.5 Å². The van der Waals surface area contributed by atoms with Crippen LogP contribution in [0, 0.1) is 0 Å². The molecule has 7 heteroatoms. The van der Waals surface area contributed by atoms with Gasteiger partial charge in [0.2, 0.25) is 5.75 Å². The summed E-state index contributed by atoms with van der Waals surface area (Å²) in [7, 11) is 5.59. The summed E-state index contributed by atoms with van der Waals surface area (Å²) in [6.45, 7) is 0. The number of methoxy groups -OCH3 is 4. The Hall–Kier alpha value is -3.74. The molecule has 29 heavy (non-hydrogen) atoms. The van der Waals surface area contributed by atoms with Gasteiger partial charge in [-0.05, 0) is 35.4 Å². The molecule has 7 nitrogen and oxygen atoms in total. The third kappa shape index (κ3) is 5.16. The van der Waals surface area contributed by atoms with Crippen molar-refractivity contribution >= 4 is 24.1 Å². The van der Waals surface area contributed by atoms with E-state index in [9.17, 15) is 14.7 Å². The average molecular weight is 398 g/mol. The van der Waals surface area contributed by atoms with Gasteiger partial charge in [-0.1, -0.05) is 30.3 Å². The molecule has 152 valence electrons. The normalized spacial score (nSPS) is 11.6. The van der Waals surface area contributed by atoms with E-state index in [0.29, 0.717) is 28.4 Å². The highest BCUT2D eigenvalue weighted by Gasteiger charge is 2.22. The molecular formula is C22H22O7. The summed E-state index contributed by atoms with van der Waals surface area (Å²) < 4.78 is 20.7. The summed E-state index contributed by atoms with van der Waals surface area (Å²) in [5, 5.41) is 9.72. The number of rotatable bonds is 8. The fourth-order valence-electron chi connectivity index (χ4n) is 2.68. The second-order valence-corrected chi connectivity index (χ2v) is 5.78. The Labute approximate surface area is 168 Å². The van der Waals surface area contributed by atoms with E-state index >= 15 is 0 Å². The lowest BCUT2D eigenvalue weighted by Crippen LogP contribution is -2.13. The summed E-state index contributed by atoms with van der Waals surface area (Å²) in [5.41, 5.74) is 0.764. The van der Waals surface area contributed by atoms with Gasteiger partial charge < -0.3 is 24.1 Å². The zero-order chi connectivity index (χ0) is 21.4. The molecule has 0 heterocycles. The summed E-state index contributed by atoms with van der Waals surface area (Å²) in [4.78, 5) is 24.3. The second kappa shape index (κ2) is 9.98. The fourth-order valence-corrected chi connectivity index (χ4v) is 2.68. The lowest BCUT2D eigenvalue weighted by atomic mass is 10.00. The van der Waals surface area contributed by atoms with Crippen LogP contribution in [-0.4, -0.2) is 45.5 Å². The Kier molecular flexibility index (Phi) is 7.42. The molecule has 2 aromatic carbocycles. The zero-order valence-electron chi connectivity index (χ0n) is 16.6. The predicted octanol–water partition coefficient (Wildman–Crippen LogP) is 3.44. The molecule has 0 atom stereocenters. The number of carbonyl (C=O) groups excluding carboxylic acids is 1. The first-order valence-corrected chi connectivity index (χ1v) is 8.55. The first kappa shape index (κ1) is 21.6. The fraction of sp³-hybridized carbons (Fsp3) is 0.182. The van der Waals surface area contributed by atoms with Gasteiger partial charge in [-0.25, -0.2) is 9.59 Å². The van der Waals surface area contributed by atoms with E-state index < -0.39 is 11.9 Å². The zero-order valence-corrected chi connectivity index (χ0v) is 16.6. The molecule has 0 aliphatic heterocycles. The van der Waals surface area contributed by atoms with Crippen LogP contribution in [0.2, 0.25) is 0 Å². The number of aliphatic carboxylic acids is 1. The number of ether oxygens (including phenoxy) is 4. The number of hydrogen-bond acceptors (Lipinski definition) is 6. The largest absolute Gasteiger partial charge is 0.493 e. The Morgan fingerprint density at radius 2 is 1.34 bits per heavy atom. The van der Waals surface area contributed by atoms with Crippen molar-refractivity contribution in [1.29, 1.82) is 0 Å². The van der Waals surface area contributed by atoms with Gasteiger partial charge in [0, 0.05) is 0 Å². The van der Waals surface area contributed by atoms with E-state index in [4.69, 9.17) is 18.9 Å². The molecule has 0 saturated heterocycles. The summed E-state index contributed by atoms with van der Waals surface area (Å²) in [5.74, 6) is -0.941. The van der Waals surface area contributed by atoms with E-state index in [2.05, 4.69) is 0 Å². The van der Waals surface area contributed by atoms with Crippen LogP contribution in [0.5, 0.6) is 17.2 Å². The topological polar surface area (TPSA) is 91.3 Å². The quantitative estimate of drug-likeness (QED) is 0.414. The molecule has 0 saturated carbocycles. The smallest absolute Gasteiger partial charge is 0.338 e. The first-order chi connectivity index (χ1) is 13.9. The van der Waals surface area contributed by atoms with Crippen LogP contribution >= 0.6 is 0 Å². The lowest BCUT2D eigenvalue weighted by molar-refractivity contribution is -0.138. The maximum Gasteiger partial charge on any atom is 0.338 e. The van der Waals surface area contributed by atoms with Gasteiger partial charge in [-0.2, -0.15) is 0 Å². The molecular weight excluding hydrogens is 376 g/mol. The standard InChI is InChI=1S/C22H22O7/c1-26-18-12-15(13-19(27-2)20(18)28-3)11-17(22(25)29-4)16(21(23)24)10-14-8-6-5-7-9-14/h5-13H,1-4H3,(H,23,24)/b16-10-,17-11+. The molecule has 2 aromatic rings. The summed E-state index contributed by atoms with van der Waals surface area (Å²) in [6, 6.07) is 12.0. The molecule has 0 aliphatic rings. The third-order valence-corrected chi connectivity index (χ3v) is 4.03. The van der Waals surface area contributed by atoms with Crippen LogP contribution in [0.25, 0.3) is 12.2 Å². The Bertz CT molecular complexity index is 918. The van der Waals surface area contributed by atoms with E-state index in [0.717, 1.165) is 0 Å². The number of hydrogen-bond donors (Lipinski definition) is 1. The number of carboxylic acid groups (broad SMARTS) is 1. The monoisotopic (exact) mass is 398 g/mol. The highest BCUT2D eigenvalue weighted by Crippen LogP contribution is 2.39. The highest BCUT2D eigenvalue weighted by molar-refractivity contribution is 6.12. The number of carbonyl (C=O) groups is 2. The molecule has 0 fully saturated rings. The van der Waals surface area contributed by atoms with E-state index in [1.807, 2.05) is 6.07 Å². The van der Waals surface area contributed by atoms with Crippen molar-refractivity contribution in [3.05, 3.63) is 64.7 Å². The minimum absolute atomic E-state index is 0.127. The summed E-state index contributed by atoms with van der Waals surface area (Å²) >= 11 is 0. The van der Waals surface area contributed by atoms with Gasteiger partial charge in [-0.15, -0.1) is 0 Å². The maximum atomic E-state index is 12.4. The van der Waals surface area contributed by atoms with Crippen molar-refractivity contribution in [2.45, 2.75) is 0 Å². The van der Waals surface area contributed by atoms with Crippen LogP contribution in [0.3, 0.4) is 0 Å². The van der Waals surface area contributed by atoms with Crippen LogP contribution in [0.15, 0.2) is 53.6 Å². The van der Waals surface area contributed by atoms with Crippen molar-refractivity contribution < 1.29 is 33.6 Å². The molecule has 0 aliphatic carbocycles. The van der Waals surface area contributed by atoms with Crippen molar-refractivity contribution in [2.24, 2.45) is 0 Å². The lowest BCUT2D eigenvalue weighted by Gasteiger charge is -2.14. The van der Waals surface area contributed by atoms with Crippen molar-refractivity contribution in [3.8, 4) is 17.2 Å². The van der Waals surface area contributed by atoms with Crippen molar-refractivity contribution in [3.63, 3.8) is 0 Å². The third-order valence-electron chi connectivity index (χ3n) is 4.03.